The highest BCUT2D eigenvalue weighted by Crippen LogP contribution is 2.55. The summed E-state index contributed by atoms with van der Waals surface area (Å²) in [5, 5.41) is 8.00. The lowest BCUT2D eigenvalue weighted by atomic mass is 9.68. The number of carbonyl (C=O) groups is 1. The van der Waals surface area contributed by atoms with E-state index in [1.54, 1.807) is 24.5 Å². The van der Waals surface area contributed by atoms with E-state index in [1.165, 1.54) is 23.3 Å². The van der Waals surface area contributed by atoms with Crippen LogP contribution >= 0.6 is 0 Å². The van der Waals surface area contributed by atoms with Crippen LogP contribution in [0.3, 0.4) is 0 Å². The van der Waals surface area contributed by atoms with E-state index in [4.69, 9.17) is 0 Å². The Morgan fingerprint density at radius 2 is 1.87 bits per heavy atom. The first-order chi connectivity index (χ1) is 18.5. The van der Waals surface area contributed by atoms with E-state index in [9.17, 15) is 9.18 Å². The van der Waals surface area contributed by atoms with Gasteiger partial charge in [0.15, 0.2) is 0 Å². The molecule has 1 N–H and O–H groups in total. The lowest BCUT2D eigenvalue weighted by Crippen LogP contribution is -2.35. The number of rotatable bonds is 7. The molecule has 2 aliphatic carbocycles. The lowest BCUT2D eigenvalue weighted by Gasteiger charge is -2.37. The first kappa shape index (κ1) is 24.3. The molecular formula is C32H31FN4O. The third kappa shape index (κ3) is 4.67. The summed E-state index contributed by atoms with van der Waals surface area (Å²) in [7, 11) is 0. The minimum Gasteiger partial charge on any atom is -0.349 e. The first-order valence-electron chi connectivity index (χ1n) is 13.3. The average molecular weight is 507 g/mol. The normalized spacial score (nSPS) is 20.8. The molecule has 3 atom stereocenters. The zero-order chi connectivity index (χ0) is 26.1. The Morgan fingerprint density at radius 1 is 1.11 bits per heavy atom. The van der Waals surface area contributed by atoms with Gasteiger partial charge in [-0.3, -0.25) is 9.78 Å². The second-order valence-corrected chi connectivity index (χ2v) is 10.7. The molecule has 0 spiro atoms. The van der Waals surface area contributed by atoms with Gasteiger partial charge in [0.25, 0.3) is 0 Å². The Bertz CT molecular complexity index is 1460. The van der Waals surface area contributed by atoms with Crippen molar-refractivity contribution in [1.82, 2.24) is 20.1 Å². The number of fused-ring (bicyclic) bond motifs is 2. The molecule has 3 unspecified atom stereocenters. The molecule has 1 fully saturated rings. The van der Waals surface area contributed by atoms with Gasteiger partial charge in [-0.2, -0.15) is 5.10 Å². The second-order valence-electron chi connectivity index (χ2n) is 10.7. The number of carbonyl (C=O) groups excluding carboxylic acids is 1. The molecule has 4 aromatic rings. The van der Waals surface area contributed by atoms with E-state index in [-0.39, 0.29) is 23.2 Å². The molecule has 1 amide bonds. The average Bonchev–Trinajstić information content (AvgIpc) is 3.48. The molecule has 192 valence electrons. The molecule has 6 rings (SSSR count). The van der Waals surface area contributed by atoms with Crippen LogP contribution in [0, 0.1) is 17.2 Å². The summed E-state index contributed by atoms with van der Waals surface area (Å²) in [5.41, 5.74) is 6.71. The zero-order valence-corrected chi connectivity index (χ0v) is 21.5. The van der Waals surface area contributed by atoms with Crippen LogP contribution in [0.5, 0.6) is 0 Å². The summed E-state index contributed by atoms with van der Waals surface area (Å²) >= 11 is 0. The van der Waals surface area contributed by atoms with Gasteiger partial charge in [-0.05, 0) is 96.2 Å². The van der Waals surface area contributed by atoms with Crippen molar-refractivity contribution in [3.05, 3.63) is 119 Å². The van der Waals surface area contributed by atoms with Crippen LogP contribution < -0.4 is 5.32 Å². The number of halogens is 1. The molecular weight excluding hydrogens is 475 g/mol. The van der Waals surface area contributed by atoms with E-state index >= 15 is 0 Å². The van der Waals surface area contributed by atoms with Crippen molar-refractivity contribution in [3.8, 4) is 5.69 Å². The fraction of sp³-hybridized carbons (Fsp3) is 0.281. The van der Waals surface area contributed by atoms with Gasteiger partial charge in [0.05, 0.1) is 30.0 Å². The number of nitrogens with zero attached hydrogens (tertiary/aromatic N) is 3. The summed E-state index contributed by atoms with van der Waals surface area (Å²) < 4.78 is 15.4. The summed E-state index contributed by atoms with van der Waals surface area (Å²) in [4.78, 5) is 17.1. The fourth-order valence-electron chi connectivity index (χ4n) is 6.28. The largest absolute Gasteiger partial charge is 0.349 e. The topological polar surface area (TPSA) is 59.8 Å². The Hall–Kier alpha value is -4.06. The van der Waals surface area contributed by atoms with Gasteiger partial charge in [-0.15, -0.1) is 0 Å². The Kier molecular flexibility index (Phi) is 6.40. The molecule has 5 nitrogen and oxygen atoms in total. The van der Waals surface area contributed by atoms with Gasteiger partial charge in [-0.25, -0.2) is 9.07 Å². The minimum absolute atomic E-state index is 0.00647. The lowest BCUT2D eigenvalue weighted by molar-refractivity contribution is -0.121. The third-order valence-electron chi connectivity index (χ3n) is 8.39. The van der Waals surface area contributed by atoms with Crippen LogP contribution in [0.2, 0.25) is 0 Å². The number of pyridine rings is 1. The Balaban J connectivity index is 1.24. The van der Waals surface area contributed by atoms with Gasteiger partial charge in [-0.1, -0.05) is 42.8 Å². The van der Waals surface area contributed by atoms with E-state index in [2.05, 4.69) is 40.5 Å². The molecule has 2 heterocycles. The summed E-state index contributed by atoms with van der Waals surface area (Å²) in [6, 6.07) is 20.5. The predicted molar refractivity (Wildman–Crippen MR) is 146 cm³/mol. The van der Waals surface area contributed by atoms with Crippen LogP contribution in [-0.2, 0) is 17.6 Å². The minimum atomic E-state index is -0.250. The first-order valence-corrected chi connectivity index (χ1v) is 13.3. The Morgan fingerprint density at radius 3 is 2.63 bits per heavy atom. The van der Waals surface area contributed by atoms with Crippen LogP contribution in [0.15, 0.2) is 90.9 Å². The summed E-state index contributed by atoms with van der Waals surface area (Å²) in [5.74, 6) is 0.193. The quantitative estimate of drug-likeness (QED) is 0.322. The van der Waals surface area contributed by atoms with E-state index < -0.39 is 0 Å². The number of benzene rings is 2. The molecule has 0 radical (unpaired) electrons. The maximum Gasteiger partial charge on any atom is 0.224 e. The number of hydrogen-bond acceptors (Lipinski definition) is 3. The number of allylic oxidation sites excluding steroid dienone is 1. The summed E-state index contributed by atoms with van der Waals surface area (Å²) in [6.07, 6.45) is 11.9. The van der Waals surface area contributed by atoms with Crippen LogP contribution in [-0.4, -0.2) is 20.7 Å². The maximum absolute atomic E-state index is 13.5. The Labute approximate surface area is 222 Å². The number of aromatic nitrogens is 3. The predicted octanol–water partition coefficient (Wildman–Crippen LogP) is 6.25. The van der Waals surface area contributed by atoms with Crippen LogP contribution in [0.1, 0.15) is 54.6 Å². The van der Waals surface area contributed by atoms with Crippen molar-refractivity contribution < 1.29 is 9.18 Å². The molecule has 2 aromatic carbocycles. The van der Waals surface area contributed by atoms with Crippen LogP contribution in [0.25, 0.3) is 11.8 Å². The van der Waals surface area contributed by atoms with E-state index in [0.717, 1.165) is 48.2 Å². The van der Waals surface area contributed by atoms with Crippen molar-refractivity contribution in [1.29, 1.82) is 0 Å². The SMILES string of the molecule is CC12Cc3cnn(-c4ccc(F)cc4)c3C=C1CCC2CC(NC(=O)Cc1ccncc1)c1ccccc1. The number of hydrogen-bond donors (Lipinski definition) is 1. The van der Waals surface area contributed by atoms with Crippen molar-refractivity contribution in [3.63, 3.8) is 0 Å². The zero-order valence-electron chi connectivity index (χ0n) is 21.5. The van der Waals surface area contributed by atoms with Crippen LogP contribution in [0.4, 0.5) is 4.39 Å². The standard InChI is InChI=1S/C32H31FN4O/c1-32-20-24-21-35-37(28-11-9-27(33)10-12-28)30(24)19-26(32)8-7-25(32)18-29(23-5-3-2-4-6-23)36-31(38)17-22-13-15-34-16-14-22/h2-6,9-16,19,21,25,29H,7-8,17-18,20H2,1H3,(H,36,38). The van der Waals surface area contributed by atoms with Crippen molar-refractivity contribution in [2.45, 2.75) is 45.1 Å². The van der Waals surface area contributed by atoms with Crippen molar-refractivity contribution >= 4 is 12.0 Å². The molecule has 0 aliphatic heterocycles. The third-order valence-corrected chi connectivity index (χ3v) is 8.39. The highest BCUT2D eigenvalue weighted by Gasteiger charge is 2.46. The van der Waals surface area contributed by atoms with Gasteiger partial charge < -0.3 is 5.32 Å². The second kappa shape index (κ2) is 10.0. The maximum atomic E-state index is 13.5. The van der Waals surface area contributed by atoms with Gasteiger partial charge >= 0.3 is 0 Å². The molecule has 38 heavy (non-hydrogen) atoms. The van der Waals surface area contributed by atoms with Crippen molar-refractivity contribution in [2.75, 3.05) is 0 Å². The number of amides is 1. The van der Waals surface area contributed by atoms with Gasteiger partial charge in [0, 0.05) is 12.4 Å². The smallest absolute Gasteiger partial charge is 0.224 e. The van der Waals surface area contributed by atoms with E-state index in [0.29, 0.717) is 12.3 Å². The fourth-order valence-corrected chi connectivity index (χ4v) is 6.28. The molecule has 2 aromatic heterocycles. The molecule has 2 aliphatic rings. The van der Waals surface area contributed by atoms with E-state index in [1.807, 2.05) is 41.2 Å². The molecule has 6 heteroatoms. The van der Waals surface area contributed by atoms with Crippen molar-refractivity contribution in [2.24, 2.45) is 11.3 Å². The molecule has 0 bridgehead atoms. The number of nitrogens with one attached hydrogen (secondary N) is 1. The van der Waals surface area contributed by atoms with Gasteiger partial charge in [0.1, 0.15) is 5.82 Å². The molecule has 0 saturated heterocycles. The summed E-state index contributed by atoms with van der Waals surface area (Å²) in [6.45, 7) is 2.37. The molecule has 1 saturated carbocycles. The highest BCUT2D eigenvalue weighted by atomic mass is 19.1. The monoisotopic (exact) mass is 506 g/mol. The highest BCUT2D eigenvalue weighted by molar-refractivity contribution is 5.79. The van der Waals surface area contributed by atoms with Gasteiger partial charge in [0.2, 0.25) is 5.91 Å².